The molecule has 1 aromatic carbocycles. The number of rotatable bonds is 7. The normalized spacial score (nSPS) is 9.44. The summed E-state index contributed by atoms with van der Waals surface area (Å²) >= 11 is 0. The van der Waals surface area contributed by atoms with Crippen LogP contribution in [0.4, 0.5) is 0 Å². The van der Waals surface area contributed by atoms with E-state index in [2.05, 4.69) is 4.74 Å². The first kappa shape index (κ1) is 16.7. The quantitative estimate of drug-likeness (QED) is 0.609. The van der Waals surface area contributed by atoms with Gasteiger partial charge in [0.15, 0.2) is 0 Å². The van der Waals surface area contributed by atoms with Crippen molar-refractivity contribution < 1.29 is 14.3 Å². The molecule has 0 aliphatic carbocycles. The number of carbonyl (C=O) groups is 1. The molecule has 5 heteroatoms. The van der Waals surface area contributed by atoms with Gasteiger partial charge in [0.25, 0.3) is 0 Å². The third-order valence-electron chi connectivity index (χ3n) is 2.38. The molecule has 4 nitrogen and oxygen atoms in total. The molecule has 0 spiro atoms. The van der Waals surface area contributed by atoms with Crippen molar-refractivity contribution in [2.75, 3.05) is 20.3 Å². The minimum absolute atomic E-state index is 0. The summed E-state index contributed by atoms with van der Waals surface area (Å²) in [6.45, 7) is 1.17. The maximum absolute atomic E-state index is 10.9. The van der Waals surface area contributed by atoms with E-state index in [1.165, 1.54) is 12.7 Å². The molecule has 0 aliphatic rings. The van der Waals surface area contributed by atoms with Gasteiger partial charge in [-0.2, -0.15) is 0 Å². The summed E-state index contributed by atoms with van der Waals surface area (Å²) in [6, 6.07) is 7.84. The van der Waals surface area contributed by atoms with Gasteiger partial charge in [-0.1, -0.05) is 12.1 Å². The molecule has 102 valence electrons. The molecular weight excluding hydrogens is 254 g/mol. The highest BCUT2D eigenvalue weighted by Gasteiger charge is 2.00. The standard InChI is InChI=1S/C13H19NO3.ClH/c1-16-13(15)3-2-10-17-12-6-4-11(5-7-12)8-9-14;/h4-7H,2-3,8-10,14H2,1H3;1H. The summed E-state index contributed by atoms with van der Waals surface area (Å²) in [5.74, 6) is 0.613. The SMILES string of the molecule is COC(=O)CCCOc1ccc(CCN)cc1.Cl. The Bertz CT molecular complexity index is 341. The van der Waals surface area contributed by atoms with Gasteiger partial charge in [-0.15, -0.1) is 12.4 Å². The summed E-state index contributed by atoms with van der Waals surface area (Å²) in [7, 11) is 1.39. The molecule has 18 heavy (non-hydrogen) atoms. The van der Waals surface area contributed by atoms with Crippen LogP contribution >= 0.6 is 12.4 Å². The molecule has 1 rings (SSSR count). The van der Waals surface area contributed by atoms with Gasteiger partial charge in [0.1, 0.15) is 5.75 Å². The van der Waals surface area contributed by atoms with Crippen LogP contribution in [0.15, 0.2) is 24.3 Å². The lowest BCUT2D eigenvalue weighted by atomic mass is 10.1. The number of hydrogen-bond acceptors (Lipinski definition) is 4. The topological polar surface area (TPSA) is 61.5 Å². The van der Waals surface area contributed by atoms with E-state index in [1.807, 2.05) is 24.3 Å². The summed E-state index contributed by atoms with van der Waals surface area (Å²) < 4.78 is 10.0. The number of carbonyl (C=O) groups excluding carboxylic acids is 1. The first-order valence-electron chi connectivity index (χ1n) is 5.75. The average molecular weight is 274 g/mol. The predicted octanol–water partition coefficient (Wildman–Crippen LogP) is 1.94. The lowest BCUT2D eigenvalue weighted by Crippen LogP contribution is -2.05. The zero-order chi connectivity index (χ0) is 12.5. The van der Waals surface area contributed by atoms with E-state index in [4.69, 9.17) is 10.5 Å². The molecule has 0 aliphatic heterocycles. The maximum Gasteiger partial charge on any atom is 0.305 e. The van der Waals surface area contributed by atoms with Crippen LogP contribution in [0.25, 0.3) is 0 Å². The average Bonchev–Trinajstić information content (AvgIpc) is 2.36. The second kappa shape index (κ2) is 9.74. The largest absolute Gasteiger partial charge is 0.494 e. The van der Waals surface area contributed by atoms with Crippen LogP contribution in [0.5, 0.6) is 5.75 Å². The fourth-order valence-electron chi connectivity index (χ4n) is 1.43. The monoisotopic (exact) mass is 273 g/mol. The van der Waals surface area contributed by atoms with Crippen molar-refractivity contribution in [3.05, 3.63) is 29.8 Å². The fraction of sp³-hybridized carbons (Fsp3) is 0.462. The van der Waals surface area contributed by atoms with Crippen molar-refractivity contribution in [3.63, 3.8) is 0 Å². The van der Waals surface area contributed by atoms with Crippen molar-refractivity contribution in [2.45, 2.75) is 19.3 Å². The van der Waals surface area contributed by atoms with Crippen LogP contribution in [0.2, 0.25) is 0 Å². The minimum Gasteiger partial charge on any atom is -0.494 e. The summed E-state index contributed by atoms with van der Waals surface area (Å²) in [6.07, 6.45) is 1.93. The summed E-state index contributed by atoms with van der Waals surface area (Å²) in [4.78, 5) is 10.9. The Labute approximate surface area is 114 Å². The van der Waals surface area contributed by atoms with Crippen molar-refractivity contribution in [1.82, 2.24) is 0 Å². The molecule has 0 unspecified atom stereocenters. The maximum atomic E-state index is 10.9. The van der Waals surface area contributed by atoms with Crippen LogP contribution < -0.4 is 10.5 Å². The number of nitrogens with two attached hydrogens (primary N) is 1. The van der Waals surface area contributed by atoms with Crippen LogP contribution in [0, 0.1) is 0 Å². The highest BCUT2D eigenvalue weighted by atomic mass is 35.5. The van der Waals surface area contributed by atoms with Gasteiger partial charge >= 0.3 is 5.97 Å². The van der Waals surface area contributed by atoms with Crippen molar-refractivity contribution in [3.8, 4) is 5.75 Å². The van der Waals surface area contributed by atoms with Gasteiger partial charge in [-0.25, -0.2) is 0 Å². The van der Waals surface area contributed by atoms with E-state index in [-0.39, 0.29) is 18.4 Å². The Morgan fingerprint density at radius 2 is 1.94 bits per heavy atom. The molecule has 0 fully saturated rings. The molecular formula is C13H20ClNO3. The highest BCUT2D eigenvalue weighted by molar-refractivity contribution is 5.85. The number of benzene rings is 1. The molecule has 1 aromatic rings. The molecule has 0 heterocycles. The molecule has 0 radical (unpaired) electrons. The van der Waals surface area contributed by atoms with Gasteiger partial charge in [-0.05, 0) is 37.1 Å². The Balaban J connectivity index is 0.00000289. The molecule has 0 saturated carbocycles. The van der Waals surface area contributed by atoms with Crippen LogP contribution in [-0.2, 0) is 16.0 Å². The number of halogens is 1. The van der Waals surface area contributed by atoms with E-state index in [0.29, 0.717) is 26.0 Å². The lowest BCUT2D eigenvalue weighted by Gasteiger charge is -2.06. The first-order chi connectivity index (χ1) is 8.26. The number of esters is 1. The Morgan fingerprint density at radius 3 is 2.50 bits per heavy atom. The van der Waals surface area contributed by atoms with E-state index in [1.54, 1.807) is 0 Å². The van der Waals surface area contributed by atoms with Gasteiger partial charge in [0.2, 0.25) is 0 Å². The molecule has 0 atom stereocenters. The zero-order valence-electron chi connectivity index (χ0n) is 10.6. The van der Waals surface area contributed by atoms with Crippen molar-refractivity contribution >= 4 is 18.4 Å². The number of ether oxygens (including phenoxy) is 2. The van der Waals surface area contributed by atoms with Gasteiger partial charge < -0.3 is 15.2 Å². The second-order valence-electron chi connectivity index (χ2n) is 3.71. The summed E-state index contributed by atoms with van der Waals surface area (Å²) in [5, 5.41) is 0. The van der Waals surface area contributed by atoms with Crippen molar-refractivity contribution in [2.24, 2.45) is 5.73 Å². The van der Waals surface area contributed by atoms with E-state index in [0.717, 1.165) is 12.2 Å². The number of hydrogen-bond donors (Lipinski definition) is 1. The van der Waals surface area contributed by atoms with Crippen LogP contribution in [0.1, 0.15) is 18.4 Å². The molecule has 0 saturated heterocycles. The fourth-order valence-corrected chi connectivity index (χ4v) is 1.43. The Morgan fingerprint density at radius 1 is 1.28 bits per heavy atom. The molecule has 0 aromatic heterocycles. The molecule has 0 amide bonds. The van der Waals surface area contributed by atoms with Crippen molar-refractivity contribution in [1.29, 1.82) is 0 Å². The van der Waals surface area contributed by atoms with E-state index in [9.17, 15) is 4.79 Å². The van der Waals surface area contributed by atoms with Crippen LogP contribution in [-0.4, -0.2) is 26.2 Å². The van der Waals surface area contributed by atoms with E-state index >= 15 is 0 Å². The highest BCUT2D eigenvalue weighted by Crippen LogP contribution is 2.12. The molecule has 0 bridgehead atoms. The summed E-state index contributed by atoms with van der Waals surface area (Å²) in [5.41, 5.74) is 6.67. The van der Waals surface area contributed by atoms with Gasteiger partial charge in [-0.3, -0.25) is 4.79 Å². The van der Waals surface area contributed by atoms with E-state index < -0.39 is 0 Å². The predicted molar refractivity (Wildman–Crippen MR) is 73.2 cm³/mol. The smallest absolute Gasteiger partial charge is 0.305 e. The lowest BCUT2D eigenvalue weighted by molar-refractivity contribution is -0.140. The Hall–Kier alpha value is -1.26. The molecule has 2 N–H and O–H groups in total. The zero-order valence-corrected chi connectivity index (χ0v) is 11.4. The second-order valence-corrected chi connectivity index (χ2v) is 3.71. The van der Waals surface area contributed by atoms with Gasteiger partial charge in [0.05, 0.1) is 13.7 Å². The Kier molecular flexibility index (Phi) is 9.06. The van der Waals surface area contributed by atoms with Gasteiger partial charge in [0, 0.05) is 6.42 Å². The third kappa shape index (κ3) is 6.47. The first-order valence-corrected chi connectivity index (χ1v) is 5.75. The number of methoxy groups -OCH3 is 1. The minimum atomic E-state index is -0.202. The van der Waals surface area contributed by atoms with Crippen LogP contribution in [0.3, 0.4) is 0 Å². The third-order valence-corrected chi connectivity index (χ3v) is 2.38.